The van der Waals surface area contributed by atoms with Gasteiger partial charge in [0.1, 0.15) is 6.10 Å². The van der Waals surface area contributed by atoms with Gasteiger partial charge in [-0.1, -0.05) is 31.9 Å². The highest BCUT2D eigenvalue weighted by Crippen LogP contribution is 2.65. The molecule has 6 rings (SSSR count). The summed E-state index contributed by atoms with van der Waals surface area (Å²) in [6.45, 7) is 7.62. The van der Waals surface area contributed by atoms with Crippen LogP contribution in [0.25, 0.3) is 0 Å². The summed E-state index contributed by atoms with van der Waals surface area (Å²) in [5.74, 6) is 1.34. The molecule has 3 fully saturated rings. The van der Waals surface area contributed by atoms with Gasteiger partial charge in [0, 0.05) is 31.1 Å². The number of likely N-dealkylation sites (N-methyl/N-ethyl adjacent to an activating group) is 1. The molecule has 2 heterocycles. The zero-order valence-corrected chi connectivity index (χ0v) is 20.5. The van der Waals surface area contributed by atoms with Crippen LogP contribution >= 0.6 is 0 Å². The third kappa shape index (κ3) is 2.73. The van der Waals surface area contributed by atoms with E-state index in [9.17, 15) is 15.0 Å². The molecule has 1 saturated heterocycles. The summed E-state index contributed by atoms with van der Waals surface area (Å²) in [5.41, 5.74) is 0.601. The van der Waals surface area contributed by atoms with Crippen molar-refractivity contribution in [2.45, 2.75) is 87.5 Å². The number of nitrogens with zero attached hydrogens (tertiary/aromatic N) is 2. The smallest absolute Gasteiger partial charge is 0.225 e. The molecule has 1 spiro atoms. The molecule has 6 atom stereocenters. The first-order valence-corrected chi connectivity index (χ1v) is 13.2. The van der Waals surface area contributed by atoms with Crippen LogP contribution in [0.15, 0.2) is 24.8 Å². The summed E-state index contributed by atoms with van der Waals surface area (Å²) in [7, 11) is 1.93. The van der Waals surface area contributed by atoms with Gasteiger partial charge in [0.05, 0.1) is 17.1 Å². The average Bonchev–Trinajstić information content (AvgIpc) is 3.47. The lowest BCUT2D eigenvalue weighted by atomic mass is 9.48. The Labute approximate surface area is 202 Å². The first kappa shape index (κ1) is 22.4. The number of phenols is 1. The molecule has 3 aliphatic carbocycles. The van der Waals surface area contributed by atoms with Crippen molar-refractivity contribution in [3.63, 3.8) is 0 Å². The Balaban J connectivity index is 1.41. The zero-order chi connectivity index (χ0) is 23.8. The highest BCUT2D eigenvalue weighted by atomic mass is 16.5. The van der Waals surface area contributed by atoms with Gasteiger partial charge >= 0.3 is 0 Å². The number of hydrogen-bond donors (Lipinski definition) is 2. The second-order valence-corrected chi connectivity index (χ2v) is 11.5. The monoisotopic (exact) mass is 466 g/mol. The zero-order valence-electron chi connectivity index (χ0n) is 20.5. The molecule has 3 unspecified atom stereocenters. The number of ether oxygens (including phenoxy) is 1. The average molecular weight is 467 g/mol. The van der Waals surface area contributed by atoms with Gasteiger partial charge < -0.3 is 19.8 Å². The van der Waals surface area contributed by atoms with E-state index in [1.54, 1.807) is 6.07 Å². The van der Waals surface area contributed by atoms with Crippen molar-refractivity contribution in [1.29, 1.82) is 0 Å². The van der Waals surface area contributed by atoms with Crippen molar-refractivity contribution in [2.24, 2.45) is 11.8 Å². The molecular weight excluding hydrogens is 428 g/mol. The fraction of sp³-hybridized carbons (Fsp3) is 0.679. The number of rotatable bonds is 5. The number of carbonyl (C=O) groups excluding carboxylic acids is 1. The molecule has 6 nitrogen and oxygen atoms in total. The molecule has 5 aliphatic rings. The predicted molar refractivity (Wildman–Crippen MR) is 130 cm³/mol. The summed E-state index contributed by atoms with van der Waals surface area (Å²) < 4.78 is 6.62. The standard InChI is InChI=1S/C28H38N2O4/c1-4-14-30-15-13-27-23-19-9-10-21(31)24(23)34-25(27)20(11-12-28(27,33)22(30)16-19)29(3)26(32)17(2)18-7-5-6-8-18/h4,9-10,17-18,20,22,25,31,33H,1,5-8,11-16H2,2-3H3/t17?,20?,22-,25?,27+,28-/m1/s1. The molecule has 2 saturated carbocycles. The predicted octanol–water partition coefficient (Wildman–Crippen LogP) is 3.39. The third-order valence-corrected chi connectivity index (χ3v) is 10.2. The number of likely N-dealkylation sites (tertiary alicyclic amines) is 1. The van der Waals surface area contributed by atoms with Crippen molar-refractivity contribution in [3.8, 4) is 11.5 Å². The number of aromatic hydroxyl groups is 1. The number of benzene rings is 1. The van der Waals surface area contributed by atoms with Crippen molar-refractivity contribution in [3.05, 3.63) is 35.9 Å². The van der Waals surface area contributed by atoms with E-state index in [0.717, 1.165) is 49.9 Å². The van der Waals surface area contributed by atoms with E-state index in [1.165, 1.54) is 12.8 Å². The summed E-state index contributed by atoms with van der Waals surface area (Å²) in [5, 5.41) is 23.3. The molecule has 1 amide bonds. The van der Waals surface area contributed by atoms with E-state index in [2.05, 4.69) is 18.4 Å². The molecule has 34 heavy (non-hydrogen) atoms. The van der Waals surface area contributed by atoms with Crippen LogP contribution in [0, 0.1) is 11.8 Å². The van der Waals surface area contributed by atoms with Gasteiger partial charge in [0.2, 0.25) is 5.91 Å². The lowest BCUT2D eigenvalue weighted by molar-refractivity contribution is -0.199. The first-order valence-electron chi connectivity index (χ1n) is 13.2. The maximum atomic E-state index is 13.6. The van der Waals surface area contributed by atoms with Gasteiger partial charge in [-0.2, -0.15) is 0 Å². The summed E-state index contributed by atoms with van der Waals surface area (Å²) in [6, 6.07) is 3.59. The number of hydrogen-bond acceptors (Lipinski definition) is 5. The van der Waals surface area contributed by atoms with Crippen LogP contribution in [0.5, 0.6) is 11.5 Å². The molecule has 2 aliphatic heterocycles. The molecule has 0 aromatic heterocycles. The number of amides is 1. The van der Waals surface area contributed by atoms with E-state index >= 15 is 0 Å². The van der Waals surface area contributed by atoms with E-state index in [4.69, 9.17) is 4.74 Å². The Morgan fingerprint density at radius 3 is 2.82 bits per heavy atom. The minimum absolute atomic E-state index is 0.00657. The van der Waals surface area contributed by atoms with Crippen LogP contribution in [-0.2, 0) is 16.6 Å². The minimum atomic E-state index is -0.956. The van der Waals surface area contributed by atoms with Gasteiger partial charge in [-0.25, -0.2) is 0 Å². The topological polar surface area (TPSA) is 73.2 Å². The maximum absolute atomic E-state index is 13.6. The lowest BCUT2D eigenvalue weighted by Crippen LogP contribution is -2.78. The largest absolute Gasteiger partial charge is 0.504 e. The number of aliphatic hydroxyl groups is 1. The van der Waals surface area contributed by atoms with Crippen molar-refractivity contribution in [1.82, 2.24) is 9.80 Å². The first-order chi connectivity index (χ1) is 16.3. The third-order valence-electron chi connectivity index (χ3n) is 10.2. The Morgan fingerprint density at radius 1 is 1.32 bits per heavy atom. The normalized spacial score (nSPS) is 37.1. The van der Waals surface area contributed by atoms with Crippen LogP contribution in [0.2, 0.25) is 0 Å². The fourth-order valence-electron chi connectivity index (χ4n) is 8.53. The van der Waals surface area contributed by atoms with Crippen LogP contribution in [0.3, 0.4) is 0 Å². The Bertz CT molecular complexity index is 1020. The SMILES string of the molecule is C=CCN1CC[C@]23c4c5ccc(O)c4OC2C(N(C)C(=O)C(C)C2CCCC2)CC[C@@]3(O)[C@H]1C5. The van der Waals surface area contributed by atoms with Gasteiger partial charge in [0.15, 0.2) is 11.5 Å². The second-order valence-electron chi connectivity index (χ2n) is 11.5. The fourth-order valence-corrected chi connectivity index (χ4v) is 8.53. The molecular formula is C28H38N2O4. The van der Waals surface area contributed by atoms with Crippen LogP contribution < -0.4 is 4.74 Å². The molecule has 1 aromatic rings. The minimum Gasteiger partial charge on any atom is -0.504 e. The van der Waals surface area contributed by atoms with E-state index < -0.39 is 11.0 Å². The number of piperidine rings is 1. The Morgan fingerprint density at radius 2 is 2.09 bits per heavy atom. The van der Waals surface area contributed by atoms with Crippen molar-refractivity contribution >= 4 is 5.91 Å². The highest BCUT2D eigenvalue weighted by Gasteiger charge is 2.73. The summed E-state index contributed by atoms with van der Waals surface area (Å²) in [4.78, 5) is 17.9. The quantitative estimate of drug-likeness (QED) is 0.651. The lowest BCUT2D eigenvalue weighted by Gasteiger charge is -2.64. The van der Waals surface area contributed by atoms with Gasteiger partial charge in [-0.15, -0.1) is 6.58 Å². The maximum Gasteiger partial charge on any atom is 0.225 e. The van der Waals surface area contributed by atoms with Crippen molar-refractivity contribution in [2.75, 3.05) is 20.1 Å². The molecule has 0 radical (unpaired) electrons. The molecule has 6 heteroatoms. The van der Waals surface area contributed by atoms with Gasteiger partial charge in [-0.3, -0.25) is 9.69 Å². The Hall–Kier alpha value is -2.05. The van der Waals surface area contributed by atoms with Gasteiger partial charge in [0.25, 0.3) is 0 Å². The van der Waals surface area contributed by atoms with Crippen molar-refractivity contribution < 1.29 is 19.7 Å². The van der Waals surface area contributed by atoms with Crippen LogP contribution in [-0.4, -0.2) is 69.8 Å². The van der Waals surface area contributed by atoms with Crippen LogP contribution in [0.4, 0.5) is 0 Å². The number of phenolic OH excluding ortho intramolecular Hbond substituents is 1. The molecule has 2 N–H and O–H groups in total. The summed E-state index contributed by atoms with van der Waals surface area (Å²) >= 11 is 0. The second kappa shape index (κ2) is 7.72. The Kier molecular flexibility index (Phi) is 5.09. The van der Waals surface area contributed by atoms with Gasteiger partial charge in [-0.05, 0) is 62.6 Å². The highest BCUT2D eigenvalue weighted by molar-refractivity contribution is 5.79. The number of carbonyl (C=O) groups is 1. The van der Waals surface area contributed by atoms with E-state index in [-0.39, 0.29) is 35.8 Å². The summed E-state index contributed by atoms with van der Waals surface area (Å²) in [6.07, 6.45) is 9.09. The molecule has 184 valence electrons. The molecule has 2 bridgehead atoms. The molecule has 1 aromatic carbocycles. The van der Waals surface area contributed by atoms with E-state index in [0.29, 0.717) is 24.5 Å². The van der Waals surface area contributed by atoms with E-state index in [1.807, 2.05) is 24.1 Å². The van der Waals surface area contributed by atoms with Crippen LogP contribution in [0.1, 0.15) is 63.0 Å².